The fraction of sp³-hybridized carbons (Fsp3) is 0.0435. The summed E-state index contributed by atoms with van der Waals surface area (Å²) in [7, 11) is 1.62. The van der Waals surface area contributed by atoms with Crippen LogP contribution in [0, 0.1) is 17.0 Å². The van der Waals surface area contributed by atoms with Gasteiger partial charge in [-0.2, -0.15) is 4.98 Å². The summed E-state index contributed by atoms with van der Waals surface area (Å²) in [4.78, 5) is 20.2. The second-order valence-corrected chi connectivity index (χ2v) is 7.67. The molecule has 1 amide bonds. The number of aromatic nitrogens is 2. The zero-order chi connectivity index (χ0) is 25.5. The van der Waals surface area contributed by atoms with Crippen molar-refractivity contribution < 1.29 is 13.6 Å². The molecule has 180 valence electrons. The van der Waals surface area contributed by atoms with E-state index in [0.717, 1.165) is 6.08 Å². The standard InChI is InChI=1S/C23H19Cl2F2N7O/c1-3-20(35)31-13-5-7-17(27)18(9-13)32-22-14(12-4-6-16(26)15(24)8-12)10-30-23(34-22)33-19(11-29-2)21(25)28/h3-11,28-29H,1H2,2H3,(H,31,35)(H2,30,32,33,34)/b19-11+,28-21?. The topological polar surface area (TPSA) is 115 Å². The van der Waals surface area contributed by atoms with Crippen LogP contribution in [-0.4, -0.2) is 28.1 Å². The molecule has 0 aliphatic rings. The monoisotopic (exact) mass is 517 g/mol. The summed E-state index contributed by atoms with van der Waals surface area (Å²) in [5.74, 6) is -1.54. The number of benzene rings is 2. The highest BCUT2D eigenvalue weighted by Crippen LogP contribution is 2.33. The molecule has 0 unspecified atom stereocenters. The summed E-state index contributed by atoms with van der Waals surface area (Å²) in [6.07, 6.45) is 3.93. The number of nitrogens with one attached hydrogen (secondary N) is 5. The van der Waals surface area contributed by atoms with E-state index in [0.29, 0.717) is 16.8 Å². The first-order chi connectivity index (χ1) is 16.7. The molecular weight excluding hydrogens is 499 g/mol. The van der Waals surface area contributed by atoms with Crippen molar-refractivity contribution in [3.63, 3.8) is 0 Å². The molecule has 8 nitrogen and oxygen atoms in total. The second-order valence-electron chi connectivity index (χ2n) is 6.88. The fourth-order valence-corrected chi connectivity index (χ4v) is 3.13. The molecule has 12 heteroatoms. The smallest absolute Gasteiger partial charge is 0.247 e. The van der Waals surface area contributed by atoms with Gasteiger partial charge in [0, 0.05) is 30.7 Å². The molecule has 0 saturated carbocycles. The molecule has 0 spiro atoms. The Balaban J connectivity index is 2.08. The Morgan fingerprint density at radius 2 is 1.89 bits per heavy atom. The van der Waals surface area contributed by atoms with Crippen molar-refractivity contribution >= 4 is 57.4 Å². The van der Waals surface area contributed by atoms with Crippen LogP contribution in [-0.2, 0) is 4.79 Å². The zero-order valence-corrected chi connectivity index (χ0v) is 19.7. The van der Waals surface area contributed by atoms with E-state index in [9.17, 15) is 13.6 Å². The van der Waals surface area contributed by atoms with Crippen LogP contribution in [0.1, 0.15) is 0 Å². The highest BCUT2D eigenvalue weighted by Gasteiger charge is 2.15. The van der Waals surface area contributed by atoms with Crippen molar-refractivity contribution in [3.05, 3.63) is 83.8 Å². The number of carbonyl (C=O) groups excluding carboxylic acids is 1. The van der Waals surface area contributed by atoms with Gasteiger partial charge in [0.2, 0.25) is 11.9 Å². The molecule has 2 aromatic carbocycles. The van der Waals surface area contributed by atoms with Gasteiger partial charge in [-0.25, -0.2) is 13.8 Å². The lowest BCUT2D eigenvalue weighted by molar-refractivity contribution is -0.111. The van der Waals surface area contributed by atoms with Crippen LogP contribution in [0.15, 0.2) is 67.1 Å². The Hall–Kier alpha value is -4.02. The van der Waals surface area contributed by atoms with Crippen LogP contribution >= 0.6 is 23.2 Å². The SMILES string of the molecule is C=CC(=O)Nc1ccc(F)c(Nc2nc(N/C(=C/NC)C(=N)Cl)ncc2-c2ccc(F)c(Cl)c2)c1. The molecule has 0 fully saturated rings. The second kappa shape index (κ2) is 11.4. The lowest BCUT2D eigenvalue weighted by Gasteiger charge is -2.15. The highest BCUT2D eigenvalue weighted by atomic mass is 35.5. The minimum atomic E-state index is -0.629. The normalized spacial score (nSPS) is 10.9. The van der Waals surface area contributed by atoms with E-state index in [2.05, 4.69) is 37.8 Å². The molecule has 3 aromatic rings. The van der Waals surface area contributed by atoms with Crippen LogP contribution in [0.2, 0.25) is 5.02 Å². The highest BCUT2D eigenvalue weighted by molar-refractivity contribution is 6.68. The number of anilines is 4. The average Bonchev–Trinajstić information content (AvgIpc) is 2.83. The van der Waals surface area contributed by atoms with Crippen molar-refractivity contribution in [2.45, 2.75) is 0 Å². The van der Waals surface area contributed by atoms with Crippen molar-refractivity contribution in [1.82, 2.24) is 15.3 Å². The maximum absolute atomic E-state index is 14.7. The number of nitrogens with zero attached hydrogens (tertiary/aromatic N) is 2. The number of hydrogen-bond donors (Lipinski definition) is 5. The van der Waals surface area contributed by atoms with E-state index in [-0.39, 0.29) is 33.3 Å². The van der Waals surface area contributed by atoms with Crippen molar-refractivity contribution in [2.75, 3.05) is 23.0 Å². The van der Waals surface area contributed by atoms with Crippen LogP contribution in [0.3, 0.4) is 0 Å². The molecule has 1 heterocycles. The first-order valence-corrected chi connectivity index (χ1v) is 10.7. The van der Waals surface area contributed by atoms with Crippen LogP contribution in [0.5, 0.6) is 0 Å². The first-order valence-electron chi connectivity index (χ1n) is 9.93. The van der Waals surface area contributed by atoms with E-state index in [1.54, 1.807) is 7.05 Å². The summed E-state index contributed by atoms with van der Waals surface area (Å²) in [5, 5.41) is 18.2. The molecule has 0 bridgehead atoms. The van der Waals surface area contributed by atoms with Crippen LogP contribution in [0.4, 0.5) is 31.9 Å². The van der Waals surface area contributed by atoms with Gasteiger partial charge in [0.05, 0.1) is 16.4 Å². The summed E-state index contributed by atoms with van der Waals surface area (Å²) in [6.45, 7) is 3.39. The summed E-state index contributed by atoms with van der Waals surface area (Å²) < 4.78 is 28.4. The zero-order valence-electron chi connectivity index (χ0n) is 18.2. The summed E-state index contributed by atoms with van der Waals surface area (Å²) in [5.41, 5.74) is 1.31. The molecule has 3 rings (SSSR count). The molecule has 0 atom stereocenters. The lowest BCUT2D eigenvalue weighted by atomic mass is 10.1. The van der Waals surface area contributed by atoms with Gasteiger partial charge in [0.1, 0.15) is 22.6 Å². The van der Waals surface area contributed by atoms with Crippen molar-refractivity contribution in [3.8, 4) is 11.1 Å². The maximum atomic E-state index is 14.7. The number of allylic oxidation sites excluding steroid dienone is 1. The largest absolute Gasteiger partial charge is 0.392 e. The number of hydrogen-bond acceptors (Lipinski definition) is 7. The molecule has 0 aliphatic heterocycles. The number of rotatable bonds is 9. The number of halogens is 4. The Kier molecular flexibility index (Phi) is 8.34. The fourth-order valence-electron chi connectivity index (χ4n) is 2.85. The van der Waals surface area contributed by atoms with E-state index < -0.39 is 17.5 Å². The Labute approximate surface area is 209 Å². The van der Waals surface area contributed by atoms with Crippen LogP contribution in [0.25, 0.3) is 11.1 Å². The predicted octanol–water partition coefficient (Wildman–Crippen LogP) is 5.63. The minimum absolute atomic E-state index is 0.0120. The van der Waals surface area contributed by atoms with Gasteiger partial charge in [0.25, 0.3) is 0 Å². The Morgan fingerprint density at radius 1 is 1.14 bits per heavy atom. The van der Waals surface area contributed by atoms with Gasteiger partial charge < -0.3 is 21.3 Å². The molecule has 0 saturated heterocycles. The maximum Gasteiger partial charge on any atom is 0.247 e. The van der Waals surface area contributed by atoms with E-state index >= 15 is 0 Å². The van der Waals surface area contributed by atoms with Gasteiger partial charge in [-0.3, -0.25) is 10.2 Å². The van der Waals surface area contributed by atoms with Gasteiger partial charge >= 0.3 is 0 Å². The molecule has 0 radical (unpaired) electrons. The Bertz CT molecular complexity index is 1330. The van der Waals surface area contributed by atoms with Gasteiger partial charge in [-0.1, -0.05) is 35.8 Å². The number of carbonyl (C=O) groups is 1. The average molecular weight is 518 g/mol. The van der Waals surface area contributed by atoms with Crippen LogP contribution < -0.4 is 21.3 Å². The molecular formula is C23H19Cl2F2N7O. The van der Waals surface area contributed by atoms with E-state index in [1.165, 1.54) is 48.8 Å². The van der Waals surface area contributed by atoms with E-state index in [4.69, 9.17) is 28.6 Å². The summed E-state index contributed by atoms with van der Waals surface area (Å²) in [6, 6.07) is 7.95. The summed E-state index contributed by atoms with van der Waals surface area (Å²) >= 11 is 11.7. The third kappa shape index (κ3) is 6.52. The molecule has 5 N–H and O–H groups in total. The van der Waals surface area contributed by atoms with Gasteiger partial charge in [-0.15, -0.1) is 0 Å². The Morgan fingerprint density at radius 3 is 2.54 bits per heavy atom. The van der Waals surface area contributed by atoms with Crippen molar-refractivity contribution in [2.24, 2.45) is 0 Å². The molecule has 35 heavy (non-hydrogen) atoms. The van der Waals surface area contributed by atoms with E-state index in [1.807, 2.05) is 0 Å². The van der Waals surface area contributed by atoms with Crippen molar-refractivity contribution in [1.29, 1.82) is 5.41 Å². The van der Waals surface area contributed by atoms with Gasteiger partial charge in [0.15, 0.2) is 0 Å². The molecule has 1 aromatic heterocycles. The predicted molar refractivity (Wildman–Crippen MR) is 135 cm³/mol. The number of amides is 1. The first kappa shape index (κ1) is 25.6. The molecule has 0 aliphatic carbocycles. The lowest BCUT2D eigenvalue weighted by Crippen LogP contribution is -2.13. The third-order valence-electron chi connectivity index (χ3n) is 4.46. The third-order valence-corrected chi connectivity index (χ3v) is 4.96. The van der Waals surface area contributed by atoms with Gasteiger partial charge in [-0.05, 0) is 42.0 Å². The quantitative estimate of drug-likeness (QED) is 0.185. The minimum Gasteiger partial charge on any atom is -0.392 e.